The predicted molar refractivity (Wildman–Crippen MR) is 491 cm³/mol. The number of hydrogen-bond donors (Lipinski definition) is 3. The van der Waals surface area contributed by atoms with Crippen LogP contribution in [-0.4, -0.2) is 126 Å². The van der Waals surface area contributed by atoms with Crippen molar-refractivity contribution in [2.24, 2.45) is 71.0 Å². The summed E-state index contributed by atoms with van der Waals surface area (Å²) in [7, 11) is 7.36. The number of ether oxygens (including phenoxy) is 9. The average Bonchev–Trinajstić information content (AvgIpc) is 1.37. The number of nitriles is 2. The number of hydrogen-bond acceptors (Lipinski definition) is 27. The zero-order chi connectivity index (χ0) is 93.6. The van der Waals surface area contributed by atoms with Crippen molar-refractivity contribution in [2.45, 2.75) is 277 Å². The van der Waals surface area contributed by atoms with Crippen LogP contribution >= 0.6 is 68.4 Å². The molecule has 0 unspecified atom stereocenters. The smallest absolute Gasteiger partial charge is 0.330 e. The number of carbonyl (C=O) groups excluding carboxylic acids is 8. The summed E-state index contributed by atoms with van der Waals surface area (Å²) in [5.74, 6) is 0.0178. The van der Waals surface area contributed by atoms with Gasteiger partial charge in [0.05, 0.1) is 128 Å². The standard InChI is InChI=1S/C56H72N2O12S2.C21H32O6.C14H12N2O2S2.C4H8O.Cl2OS/c1-7-46(59)65-29-9-11-31-67-51(61)39-21-13-35(14-22-39)37-17-25-41(26-18-37)53(63)69-45-33-43(56(3,4)5)48(50-49(45)71-55(72-50)44(34-57)58-6)70-54(64)42-27-19-38(20-28-42)36-15-23-40(24-16-36)52(62)68-32-12-10-30-66-47(60)8-2;1-2-19(22)26-13-3-4-14-27-21(25)18-11-7-16(8-12-18)15-5-9-17(10-6-15)20(23)24;1-14(2,3)7-5-9(17)11-12(10(7)18)20-13(19-11)8(6-15)16-4;1-2-4-5-3-1;1-4(2)3/h7-8,33,35-42H,1-2,9-32H2,3-5H3;2,15-18H,1,3-14H2,(H,23,24);5,17-18H,1-3H3;1-4H2;/b55-44-;;13-8-;;. The topological polar surface area (TPSA) is 371 Å². The number of esters is 8. The van der Waals surface area contributed by atoms with E-state index in [-0.39, 0.29) is 107 Å². The normalized spacial score (nSPS) is 24.2. The van der Waals surface area contributed by atoms with Gasteiger partial charge in [-0.3, -0.25) is 28.8 Å². The Bertz CT molecular complexity index is 4400. The molecule has 6 saturated carbocycles. The quantitative estimate of drug-likeness (QED) is 0.00783. The Labute approximate surface area is 782 Å². The van der Waals surface area contributed by atoms with E-state index < -0.39 is 38.5 Å². The lowest BCUT2D eigenvalue weighted by Gasteiger charge is -2.37. The summed E-state index contributed by atoms with van der Waals surface area (Å²) in [6.45, 7) is 40.5. The van der Waals surface area contributed by atoms with Crippen LogP contribution in [0.5, 0.6) is 23.0 Å². The first kappa shape index (κ1) is 107. The van der Waals surface area contributed by atoms with E-state index in [1.165, 1.54) is 36.4 Å². The van der Waals surface area contributed by atoms with E-state index in [9.17, 15) is 58.6 Å². The van der Waals surface area contributed by atoms with Gasteiger partial charge < -0.3 is 58.0 Å². The Morgan fingerprint density at radius 1 is 0.453 bits per heavy atom. The molecule has 7 fully saturated rings. The number of fused-ring (bicyclic) bond motifs is 2. The average molecular weight is 1910 g/mol. The van der Waals surface area contributed by atoms with Gasteiger partial charge in [0.1, 0.15) is 23.0 Å². The van der Waals surface area contributed by atoms with Crippen molar-refractivity contribution in [2.75, 3.05) is 52.9 Å². The second-order valence-corrected chi connectivity index (χ2v) is 42.7. The fraction of sp³-hybridized carbons (Fsp3) is 0.632. The molecular formula is C95H124Cl2N4O22S5. The molecule has 0 aromatic heterocycles. The number of thioether (sulfide) groups is 4. The minimum Gasteiger partial charge on any atom is -0.507 e. The van der Waals surface area contributed by atoms with Gasteiger partial charge in [0.25, 0.3) is 11.4 Å². The van der Waals surface area contributed by atoms with Crippen LogP contribution in [-0.2, 0) is 96.4 Å². The monoisotopic (exact) mass is 1900 g/mol. The summed E-state index contributed by atoms with van der Waals surface area (Å²) < 4.78 is 59.0. The van der Waals surface area contributed by atoms with Crippen LogP contribution in [0.15, 0.2) is 89.5 Å². The molecule has 0 radical (unpaired) electrons. The fourth-order valence-electron chi connectivity index (χ4n) is 17.8. The van der Waals surface area contributed by atoms with E-state index in [1.807, 2.05) is 59.7 Å². The Kier molecular flexibility index (Phi) is 45.8. The number of unbranched alkanes of at least 4 members (excludes halogenated alkanes) is 3. The second-order valence-electron chi connectivity index (χ2n) is 35.6. The van der Waals surface area contributed by atoms with Gasteiger partial charge in [-0.05, 0) is 264 Å². The fourth-order valence-corrected chi connectivity index (χ4v) is 22.7. The maximum absolute atomic E-state index is 14.2. The highest BCUT2D eigenvalue weighted by Gasteiger charge is 2.43. The number of benzene rings is 2. The third kappa shape index (κ3) is 34.0. The van der Waals surface area contributed by atoms with E-state index >= 15 is 0 Å². The third-order valence-corrected chi connectivity index (χ3v) is 30.2. The Morgan fingerprint density at radius 3 is 1.03 bits per heavy atom. The van der Waals surface area contributed by atoms with Crippen molar-refractivity contribution in [1.29, 1.82) is 10.5 Å². The molecular weight excluding hydrogens is 1780 g/mol. The summed E-state index contributed by atoms with van der Waals surface area (Å²) in [5, 5.41) is 48.4. The van der Waals surface area contributed by atoms with Gasteiger partial charge in [0.15, 0.2) is 0 Å². The maximum Gasteiger partial charge on any atom is 0.330 e. The highest BCUT2D eigenvalue weighted by atomic mass is 36.0. The summed E-state index contributed by atoms with van der Waals surface area (Å²) in [4.78, 5) is 119. The molecule has 0 spiro atoms. The lowest BCUT2D eigenvalue weighted by Crippen LogP contribution is -2.32. The predicted octanol–water partition coefficient (Wildman–Crippen LogP) is 21.7. The molecule has 2 aromatic carbocycles. The number of phenolic OH excluding ortho intramolecular Hbond substituents is 2. The van der Waals surface area contributed by atoms with Gasteiger partial charge in [0.2, 0.25) is 9.23 Å². The highest BCUT2D eigenvalue weighted by Crippen LogP contribution is 2.63. The number of nitrogens with zero attached hydrogens (tertiary/aromatic N) is 4. The van der Waals surface area contributed by atoms with Crippen LogP contribution in [0.1, 0.15) is 258 Å². The Balaban J connectivity index is 0.000000320. The molecule has 700 valence electrons. The van der Waals surface area contributed by atoms with Crippen molar-refractivity contribution in [3.05, 3.63) is 104 Å². The van der Waals surface area contributed by atoms with Crippen molar-refractivity contribution >= 4 is 131 Å². The largest absolute Gasteiger partial charge is 0.507 e. The maximum atomic E-state index is 14.2. The minimum absolute atomic E-state index is 0.00444. The molecule has 33 heteroatoms. The van der Waals surface area contributed by atoms with Crippen LogP contribution in [0.3, 0.4) is 0 Å². The number of aromatic hydroxyl groups is 2. The first-order chi connectivity index (χ1) is 61.2. The zero-order valence-corrected chi connectivity index (χ0v) is 80.0. The molecule has 0 atom stereocenters. The van der Waals surface area contributed by atoms with Crippen LogP contribution in [0.2, 0.25) is 0 Å². The van der Waals surface area contributed by atoms with Crippen LogP contribution in [0.25, 0.3) is 9.69 Å². The van der Waals surface area contributed by atoms with Crippen molar-refractivity contribution < 1.29 is 105 Å². The van der Waals surface area contributed by atoms with Crippen LogP contribution < -0.4 is 9.47 Å². The molecule has 3 heterocycles. The molecule has 6 aliphatic carbocycles. The molecule has 3 N–H and O–H groups in total. The van der Waals surface area contributed by atoms with Crippen molar-refractivity contribution in [3.8, 4) is 35.1 Å². The van der Waals surface area contributed by atoms with E-state index in [1.54, 1.807) is 6.07 Å². The molecule has 2 aromatic rings. The Hall–Kier alpha value is -7.98. The number of carboxylic acid groups (broad SMARTS) is 1. The van der Waals surface area contributed by atoms with Gasteiger partial charge in [-0.2, -0.15) is 0 Å². The Morgan fingerprint density at radius 2 is 0.742 bits per heavy atom. The second kappa shape index (κ2) is 54.7. The lowest BCUT2D eigenvalue weighted by atomic mass is 9.69. The van der Waals surface area contributed by atoms with Gasteiger partial charge in [-0.1, -0.05) is 108 Å². The van der Waals surface area contributed by atoms with E-state index in [0.717, 1.165) is 183 Å². The van der Waals surface area contributed by atoms with Crippen LogP contribution in [0.4, 0.5) is 0 Å². The number of rotatable bonds is 29. The molecule has 128 heavy (non-hydrogen) atoms. The van der Waals surface area contributed by atoms with Crippen molar-refractivity contribution in [1.82, 2.24) is 0 Å². The van der Waals surface area contributed by atoms with Gasteiger partial charge in [-0.15, -0.1) is 0 Å². The third-order valence-electron chi connectivity index (χ3n) is 25.0. The van der Waals surface area contributed by atoms with Gasteiger partial charge in [-0.25, -0.2) is 38.8 Å². The summed E-state index contributed by atoms with van der Waals surface area (Å²) in [6, 6.07) is 7.20. The number of carbonyl (C=O) groups is 9. The first-order valence-electron chi connectivity index (χ1n) is 44.6. The number of aliphatic carboxylic acids is 1. The summed E-state index contributed by atoms with van der Waals surface area (Å²) >= 11 is 4.72. The number of phenols is 2. The number of carboxylic acids is 1. The van der Waals surface area contributed by atoms with E-state index in [2.05, 4.69) is 50.8 Å². The molecule has 9 aliphatic rings. The zero-order valence-electron chi connectivity index (χ0n) is 74.4. The van der Waals surface area contributed by atoms with E-state index in [0.29, 0.717) is 177 Å². The minimum atomic E-state index is -1.67. The molecule has 1 saturated heterocycles. The lowest BCUT2D eigenvalue weighted by molar-refractivity contribution is -0.151. The molecule has 11 rings (SSSR count). The molecule has 3 aliphatic heterocycles. The summed E-state index contributed by atoms with van der Waals surface area (Å²) in [5.41, 5.74) is 0.385. The molecule has 0 amide bonds. The van der Waals surface area contributed by atoms with Gasteiger partial charge in [0, 0.05) is 63.9 Å². The van der Waals surface area contributed by atoms with Crippen LogP contribution in [0, 0.1) is 107 Å². The van der Waals surface area contributed by atoms with Gasteiger partial charge >= 0.3 is 53.7 Å². The summed E-state index contributed by atoms with van der Waals surface area (Å²) in [6.07, 6.45) is 30.5. The van der Waals surface area contributed by atoms with E-state index in [4.69, 9.17) is 70.4 Å². The number of allylic oxidation sites excluding steroid dienone is 2. The molecule has 26 nitrogen and oxygen atoms in total. The SMILES string of the molecule is C1CCOC1.C=CC(=O)OCCCCOC(=O)C1CCC(C2CCC(C(=O)O)CC2)CC1.O=S(Cl)Cl.[C-]#[N+]/C(C#N)=C1/Sc2c(O)cc(C(C)(C)C)c(O)c2S1.[C-]#[N+]/C(C#N)=C1/Sc2c(OC(=O)C3CCC(C4CCC(C(=O)OCCCCOC(=O)C=C)CC4)CC3)cc(C(C)(C)C)c(OC(=O)C3CCC(C4CCC(C(=O)OCCCCOC(=O)C=C)CC4)CC3)c2S1. The first-order valence-corrected chi connectivity index (χ1v) is 50.7. The van der Waals surface area contributed by atoms with Crippen molar-refractivity contribution in [3.63, 3.8) is 0 Å². The number of halogens is 2. The highest BCUT2D eigenvalue weighted by molar-refractivity contribution is 8.26. The molecule has 0 bridgehead atoms.